The average Bonchev–Trinajstić information content (AvgIpc) is 2.99. The molecule has 1 N–H and O–H groups in total. The van der Waals surface area contributed by atoms with Gasteiger partial charge in [-0.3, -0.25) is 9.97 Å². The van der Waals surface area contributed by atoms with E-state index in [0.29, 0.717) is 10.9 Å². The van der Waals surface area contributed by atoms with E-state index in [2.05, 4.69) is 28.8 Å². The third-order valence-electron chi connectivity index (χ3n) is 3.61. The summed E-state index contributed by atoms with van der Waals surface area (Å²) in [5.74, 6) is 1.41. The summed E-state index contributed by atoms with van der Waals surface area (Å²) in [6, 6.07) is 9.77. The van der Waals surface area contributed by atoms with Gasteiger partial charge in [0.25, 0.3) is 0 Å². The summed E-state index contributed by atoms with van der Waals surface area (Å²) in [6.07, 6.45) is 2.70. The predicted octanol–water partition coefficient (Wildman–Crippen LogP) is 3.94. The van der Waals surface area contributed by atoms with E-state index >= 15 is 0 Å². The maximum absolute atomic E-state index is 12.7. The molecule has 1 unspecified atom stereocenters. The summed E-state index contributed by atoms with van der Waals surface area (Å²) in [5, 5.41) is 0.517. The zero-order chi connectivity index (χ0) is 16.2. The van der Waals surface area contributed by atoms with E-state index in [9.17, 15) is 4.55 Å². The van der Waals surface area contributed by atoms with Gasteiger partial charge in [-0.1, -0.05) is 26.0 Å². The number of fused-ring (bicyclic) bond motifs is 1. The van der Waals surface area contributed by atoms with Crippen molar-refractivity contribution in [1.82, 2.24) is 15.0 Å². The van der Waals surface area contributed by atoms with Crippen molar-refractivity contribution in [3.63, 3.8) is 0 Å². The highest BCUT2D eigenvalue weighted by Crippen LogP contribution is 2.27. The average molecular weight is 345 g/mol. The first kappa shape index (κ1) is 16.4. The Hall–Kier alpha value is -1.50. The third-order valence-corrected chi connectivity index (χ3v) is 5.75. The van der Waals surface area contributed by atoms with Crippen LogP contribution in [0.1, 0.15) is 25.1 Å². The number of H-pyrrole nitrogens is 1. The fourth-order valence-corrected chi connectivity index (χ4v) is 4.50. The Morgan fingerprint density at radius 2 is 2.04 bits per heavy atom. The molecule has 6 heteroatoms. The van der Waals surface area contributed by atoms with Gasteiger partial charge < -0.3 is 4.55 Å². The molecule has 120 valence electrons. The first-order valence-electron chi connectivity index (χ1n) is 7.65. The molecule has 0 radical (unpaired) electrons. The molecular weight excluding hydrogens is 326 g/mol. The zero-order valence-corrected chi connectivity index (χ0v) is 14.8. The van der Waals surface area contributed by atoms with Crippen LogP contribution in [0.25, 0.3) is 11.0 Å². The fourth-order valence-electron chi connectivity index (χ4n) is 2.54. The molecule has 0 fully saturated rings. The van der Waals surface area contributed by atoms with Crippen LogP contribution >= 0.6 is 11.8 Å². The molecule has 1 aromatic carbocycles. The third kappa shape index (κ3) is 3.54. The molecule has 0 saturated heterocycles. The fraction of sp³-hybridized carbons (Fsp3) is 0.294. The van der Waals surface area contributed by atoms with Crippen LogP contribution in [0, 0.1) is 0 Å². The van der Waals surface area contributed by atoms with Crippen molar-refractivity contribution in [1.29, 1.82) is 0 Å². The van der Waals surface area contributed by atoms with Gasteiger partial charge in [-0.2, -0.15) is 4.98 Å². The minimum atomic E-state index is -1.23. The van der Waals surface area contributed by atoms with E-state index in [1.54, 1.807) is 11.8 Å². The van der Waals surface area contributed by atoms with Crippen LogP contribution < -0.4 is 0 Å². The van der Waals surface area contributed by atoms with Crippen molar-refractivity contribution in [3.05, 3.63) is 47.8 Å². The molecule has 3 rings (SSSR count). The van der Waals surface area contributed by atoms with Crippen molar-refractivity contribution in [2.24, 2.45) is 0 Å². The van der Waals surface area contributed by atoms with Crippen molar-refractivity contribution >= 4 is 34.0 Å². The zero-order valence-electron chi connectivity index (χ0n) is 13.2. The van der Waals surface area contributed by atoms with Crippen LogP contribution in [-0.2, 0) is 23.3 Å². The molecule has 0 aliphatic heterocycles. The number of thioether (sulfide) groups is 1. The van der Waals surface area contributed by atoms with E-state index in [1.165, 1.54) is 10.5 Å². The first-order valence-corrected chi connectivity index (χ1v) is 9.96. The molecule has 23 heavy (non-hydrogen) atoms. The molecule has 0 spiro atoms. The van der Waals surface area contributed by atoms with Crippen LogP contribution in [0.15, 0.2) is 46.6 Å². The lowest BCUT2D eigenvalue weighted by Crippen LogP contribution is -2.11. The Morgan fingerprint density at radius 3 is 2.78 bits per heavy atom. The SMILES string of the molecule is CCSc1ccnc(C[S+]([O-])c2nc3ccccc3[nH]2)c1CC. The van der Waals surface area contributed by atoms with E-state index in [1.807, 2.05) is 36.5 Å². The van der Waals surface area contributed by atoms with Crippen molar-refractivity contribution in [2.45, 2.75) is 36.1 Å². The summed E-state index contributed by atoms with van der Waals surface area (Å²) >= 11 is 0.575. The molecule has 0 aliphatic rings. The van der Waals surface area contributed by atoms with Crippen LogP contribution in [0.4, 0.5) is 0 Å². The molecule has 0 aliphatic carbocycles. The Morgan fingerprint density at radius 1 is 1.22 bits per heavy atom. The number of rotatable bonds is 6. The Bertz CT molecular complexity index is 770. The van der Waals surface area contributed by atoms with Gasteiger partial charge in [0.05, 0.1) is 16.7 Å². The normalized spacial score (nSPS) is 12.7. The van der Waals surface area contributed by atoms with Gasteiger partial charge in [0.1, 0.15) is 0 Å². The second-order valence-electron chi connectivity index (χ2n) is 5.07. The summed E-state index contributed by atoms with van der Waals surface area (Å²) in [7, 11) is 0. The highest BCUT2D eigenvalue weighted by atomic mass is 32.2. The first-order chi connectivity index (χ1) is 11.2. The van der Waals surface area contributed by atoms with Gasteiger partial charge in [0, 0.05) is 22.3 Å². The Labute approximate surface area is 143 Å². The van der Waals surface area contributed by atoms with Gasteiger partial charge in [-0.25, -0.2) is 0 Å². The standard InChI is InChI=1S/C17H19N3OS2/c1-3-12-15(18-10-9-16(12)22-4-2)11-23(21)17-19-13-7-5-6-8-14(13)20-17/h5-10H,3-4,11H2,1-2H3,(H,19,20). The maximum Gasteiger partial charge on any atom is 0.322 e. The Kier molecular flexibility index (Phi) is 5.25. The topological polar surface area (TPSA) is 64.6 Å². The van der Waals surface area contributed by atoms with Crippen LogP contribution in [0.5, 0.6) is 0 Å². The van der Waals surface area contributed by atoms with E-state index in [-0.39, 0.29) is 0 Å². The lowest BCUT2D eigenvalue weighted by atomic mass is 10.1. The summed E-state index contributed by atoms with van der Waals surface area (Å²) in [6.45, 7) is 4.25. The number of nitrogens with one attached hydrogen (secondary N) is 1. The van der Waals surface area contributed by atoms with Crippen molar-refractivity contribution in [3.8, 4) is 0 Å². The number of benzene rings is 1. The predicted molar refractivity (Wildman–Crippen MR) is 96.2 cm³/mol. The van der Waals surface area contributed by atoms with Gasteiger partial charge in [-0.05, 0) is 35.9 Å². The largest absolute Gasteiger partial charge is 0.609 e. The molecule has 0 amide bonds. The van der Waals surface area contributed by atoms with E-state index in [4.69, 9.17) is 0 Å². The summed E-state index contributed by atoms with van der Waals surface area (Å²) in [4.78, 5) is 13.3. The Balaban J connectivity index is 1.87. The smallest absolute Gasteiger partial charge is 0.322 e. The van der Waals surface area contributed by atoms with Crippen LogP contribution in [-0.4, -0.2) is 25.3 Å². The number of pyridine rings is 1. The molecule has 0 saturated carbocycles. The summed E-state index contributed by atoms with van der Waals surface area (Å²) < 4.78 is 12.7. The number of imidazole rings is 1. The van der Waals surface area contributed by atoms with Crippen molar-refractivity contribution < 1.29 is 4.55 Å². The van der Waals surface area contributed by atoms with Gasteiger partial charge in [0.2, 0.25) is 0 Å². The minimum Gasteiger partial charge on any atom is -0.609 e. The highest BCUT2D eigenvalue weighted by molar-refractivity contribution is 7.99. The molecule has 1 atom stereocenters. The molecular formula is C17H19N3OS2. The molecule has 3 aromatic rings. The number of hydrogen-bond donors (Lipinski definition) is 1. The summed E-state index contributed by atoms with van der Waals surface area (Å²) in [5.41, 5.74) is 3.86. The molecule has 2 heterocycles. The van der Waals surface area contributed by atoms with Gasteiger partial charge >= 0.3 is 5.16 Å². The van der Waals surface area contributed by atoms with E-state index < -0.39 is 11.2 Å². The molecule has 0 bridgehead atoms. The second kappa shape index (κ2) is 7.38. The number of para-hydroxylation sites is 2. The van der Waals surface area contributed by atoms with E-state index in [0.717, 1.165) is 28.9 Å². The van der Waals surface area contributed by atoms with Gasteiger partial charge in [0.15, 0.2) is 5.75 Å². The minimum absolute atomic E-state index is 0.390. The van der Waals surface area contributed by atoms with Gasteiger partial charge in [-0.15, -0.1) is 11.8 Å². The van der Waals surface area contributed by atoms with Crippen molar-refractivity contribution in [2.75, 3.05) is 5.75 Å². The number of aromatic nitrogens is 3. The molecule has 4 nitrogen and oxygen atoms in total. The van der Waals surface area contributed by atoms with Crippen LogP contribution in [0.2, 0.25) is 0 Å². The molecule has 2 aromatic heterocycles. The van der Waals surface area contributed by atoms with Crippen LogP contribution in [0.3, 0.4) is 0 Å². The lowest BCUT2D eigenvalue weighted by molar-refractivity contribution is 0.586. The lowest BCUT2D eigenvalue weighted by Gasteiger charge is -2.12. The number of nitrogens with zero attached hydrogens (tertiary/aromatic N) is 2. The highest BCUT2D eigenvalue weighted by Gasteiger charge is 2.20. The maximum atomic E-state index is 12.7. The monoisotopic (exact) mass is 345 g/mol. The quantitative estimate of drug-likeness (QED) is 0.543. The second-order valence-corrected chi connectivity index (χ2v) is 7.74. The number of hydrogen-bond acceptors (Lipinski definition) is 4. The number of aromatic amines is 1.